The summed E-state index contributed by atoms with van der Waals surface area (Å²) >= 11 is 0. The lowest BCUT2D eigenvalue weighted by Crippen LogP contribution is -2.48. The van der Waals surface area contributed by atoms with Gasteiger partial charge in [-0.15, -0.1) is 0 Å². The monoisotopic (exact) mass is 270 g/mol. The molecule has 0 aliphatic carbocycles. The van der Waals surface area contributed by atoms with Gasteiger partial charge in [0, 0.05) is 18.3 Å². The van der Waals surface area contributed by atoms with E-state index in [1.807, 2.05) is 19.1 Å². The van der Waals surface area contributed by atoms with Crippen molar-refractivity contribution < 1.29 is 4.79 Å². The standard InChI is InChI=1S/C15H18N4O/c1-10(13-8-17-18-9-13)19-15(20)14-6-11-4-2-3-5-12(11)7-16-14/h2-5,8-10,14,16H,6-7H2,1H3,(H,17,18)(H,19,20). The predicted octanol–water partition coefficient (Wildman–Crippen LogP) is 1.30. The molecule has 2 heterocycles. The Morgan fingerprint density at radius 1 is 1.40 bits per heavy atom. The summed E-state index contributed by atoms with van der Waals surface area (Å²) in [5.74, 6) is 0.0354. The summed E-state index contributed by atoms with van der Waals surface area (Å²) in [6, 6.07) is 8.04. The minimum atomic E-state index is -0.167. The molecule has 3 rings (SSSR count). The molecule has 1 aliphatic rings. The van der Waals surface area contributed by atoms with Crippen LogP contribution in [0.2, 0.25) is 0 Å². The van der Waals surface area contributed by atoms with Gasteiger partial charge in [-0.05, 0) is 24.5 Å². The molecule has 0 saturated carbocycles. The van der Waals surface area contributed by atoms with Gasteiger partial charge in [-0.1, -0.05) is 24.3 Å². The predicted molar refractivity (Wildman–Crippen MR) is 75.9 cm³/mol. The van der Waals surface area contributed by atoms with Crippen LogP contribution in [0.4, 0.5) is 0 Å². The summed E-state index contributed by atoms with van der Waals surface area (Å²) in [4.78, 5) is 12.3. The largest absolute Gasteiger partial charge is 0.348 e. The summed E-state index contributed by atoms with van der Waals surface area (Å²) < 4.78 is 0. The van der Waals surface area contributed by atoms with Crippen LogP contribution in [0.15, 0.2) is 36.7 Å². The third-order valence-corrected chi connectivity index (χ3v) is 3.78. The Kier molecular flexibility index (Phi) is 3.52. The molecule has 5 heteroatoms. The van der Waals surface area contributed by atoms with Crippen LogP contribution in [0, 0.1) is 0 Å². The van der Waals surface area contributed by atoms with E-state index in [1.54, 1.807) is 12.4 Å². The minimum absolute atomic E-state index is 0.0354. The van der Waals surface area contributed by atoms with Gasteiger partial charge >= 0.3 is 0 Å². The quantitative estimate of drug-likeness (QED) is 0.787. The van der Waals surface area contributed by atoms with Gasteiger partial charge in [0.25, 0.3) is 0 Å². The summed E-state index contributed by atoms with van der Waals surface area (Å²) in [5.41, 5.74) is 3.51. The van der Waals surface area contributed by atoms with E-state index in [-0.39, 0.29) is 18.0 Å². The Bertz CT molecular complexity index is 594. The topological polar surface area (TPSA) is 69.8 Å². The summed E-state index contributed by atoms with van der Waals surface area (Å²) in [6.07, 6.45) is 4.27. The fourth-order valence-electron chi connectivity index (χ4n) is 2.53. The fourth-order valence-corrected chi connectivity index (χ4v) is 2.53. The Labute approximate surface area is 117 Å². The average Bonchev–Trinajstić information content (AvgIpc) is 3.01. The number of H-pyrrole nitrogens is 1. The Hall–Kier alpha value is -2.14. The van der Waals surface area contributed by atoms with E-state index >= 15 is 0 Å². The molecule has 2 atom stereocenters. The third kappa shape index (κ3) is 2.58. The molecule has 0 bridgehead atoms. The van der Waals surface area contributed by atoms with Crippen LogP contribution in [0.5, 0.6) is 0 Å². The highest BCUT2D eigenvalue weighted by atomic mass is 16.2. The van der Waals surface area contributed by atoms with E-state index in [0.29, 0.717) is 0 Å². The Morgan fingerprint density at radius 2 is 2.20 bits per heavy atom. The van der Waals surface area contributed by atoms with Crippen LogP contribution in [-0.2, 0) is 17.8 Å². The molecule has 20 heavy (non-hydrogen) atoms. The highest BCUT2D eigenvalue weighted by molar-refractivity contribution is 5.82. The number of carbonyl (C=O) groups excluding carboxylic acids is 1. The van der Waals surface area contributed by atoms with Crippen molar-refractivity contribution in [3.8, 4) is 0 Å². The molecule has 3 N–H and O–H groups in total. The van der Waals surface area contributed by atoms with Gasteiger partial charge in [0.05, 0.1) is 18.3 Å². The lowest BCUT2D eigenvalue weighted by atomic mass is 9.95. The van der Waals surface area contributed by atoms with Gasteiger partial charge in [-0.25, -0.2) is 0 Å². The highest BCUT2D eigenvalue weighted by Crippen LogP contribution is 2.17. The lowest BCUT2D eigenvalue weighted by molar-refractivity contribution is -0.124. The number of nitrogens with one attached hydrogen (secondary N) is 3. The maximum Gasteiger partial charge on any atom is 0.237 e. The molecule has 104 valence electrons. The van der Waals surface area contributed by atoms with Crippen molar-refractivity contribution in [2.75, 3.05) is 0 Å². The summed E-state index contributed by atoms with van der Waals surface area (Å²) in [7, 11) is 0. The molecule has 0 spiro atoms. The van der Waals surface area contributed by atoms with Crippen molar-refractivity contribution in [2.24, 2.45) is 0 Å². The molecule has 2 unspecified atom stereocenters. The zero-order chi connectivity index (χ0) is 13.9. The maximum atomic E-state index is 12.3. The molecule has 0 fully saturated rings. The first-order chi connectivity index (χ1) is 9.74. The van der Waals surface area contributed by atoms with Crippen LogP contribution < -0.4 is 10.6 Å². The van der Waals surface area contributed by atoms with Crippen LogP contribution >= 0.6 is 0 Å². The first-order valence-electron chi connectivity index (χ1n) is 6.83. The van der Waals surface area contributed by atoms with Gasteiger partial charge < -0.3 is 10.6 Å². The number of rotatable bonds is 3. The normalized spacial score (nSPS) is 19.1. The maximum absolute atomic E-state index is 12.3. The van der Waals surface area contributed by atoms with E-state index in [0.717, 1.165) is 18.5 Å². The SMILES string of the molecule is CC(NC(=O)C1Cc2ccccc2CN1)c1cn[nH]c1. The zero-order valence-corrected chi connectivity index (χ0v) is 11.4. The number of benzene rings is 1. The molecule has 1 aliphatic heterocycles. The number of fused-ring (bicyclic) bond motifs is 1. The summed E-state index contributed by atoms with van der Waals surface area (Å²) in [5, 5.41) is 13.0. The van der Waals surface area contributed by atoms with Crippen molar-refractivity contribution >= 4 is 5.91 Å². The molecule has 1 aromatic carbocycles. The number of aromatic nitrogens is 2. The van der Waals surface area contributed by atoms with E-state index in [4.69, 9.17) is 0 Å². The first kappa shape index (κ1) is 12.9. The molecule has 1 aromatic heterocycles. The lowest BCUT2D eigenvalue weighted by Gasteiger charge is -2.26. The molecule has 0 saturated heterocycles. The van der Waals surface area contributed by atoms with E-state index in [2.05, 4.69) is 33.0 Å². The Morgan fingerprint density at radius 3 is 2.95 bits per heavy atom. The third-order valence-electron chi connectivity index (χ3n) is 3.78. The number of hydrogen-bond donors (Lipinski definition) is 3. The molecular weight excluding hydrogens is 252 g/mol. The minimum Gasteiger partial charge on any atom is -0.348 e. The van der Waals surface area contributed by atoms with Crippen LogP contribution in [0.3, 0.4) is 0 Å². The van der Waals surface area contributed by atoms with Crippen molar-refractivity contribution in [3.05, 3.63) is 53.3 Å². The number of aromatic amines is 1. The summed E-state index contributed by atoms with van der Waals surface area (Å²) in [6.45, 7) is 2.70. The smallest absolute Gasteiger partial charge is 0.237 e. The van der Waals surface area contributed by atoms with Gasteiger partial charge in [-0.3, -0.25) is 9.89 Å². The van der Waals surface area contributed by atoms with Crippen molar-refractivity contribution in [1.82, 2.24) is 20.8 Å². The number of amides is 1. The number of hydrogen-bond acceptors (Lipinski definition) is 3. The molecule has 1 amide bonds. The second kappa shape index (κ2) is 5.46. The van der Waals surface area contributed by atoms with Gasteiger partial charge in [0.15, 0.2) is 0 Å². The first-order valence-corrected chi connectivity index (χ1v) is 6.83. The van der Waals surface area contributed by atoms with Crippen molar-refractivity contribution in [3.63, 3.8) is 0 Å². The van der Waals surface area contributed by atoms with Gasteiger partial charge in [0.2, 0.25) is 5.91 Å². The molecule has 2 aromatic rings. The second-order valence-corrected chi connectivity index (χ2v) is 5.17. The van der Waals surface area contributed by atoms with Gasteiger partial charge in [0.1, 0.15) is 0 Å². The van der Waals surface area contributed by atoms with Crippen LogP contribution in [0.1, 0.15) is 29.7 Å². The second-order valence-electron chi connectivity index (χ2n) is 5.17. The molecular formula is C15H18N4O. The average molecular weight is 270 g/mol. The molecule has 0 radical (unpaired) electrons. The van der Waals surface area contributed by atoms with Crippen molar-refractivity contribution in [1.29, 1.82) is 0 Å². The number of nitrogens with zero attached hydrogens (tertiary/aromatic N) is 1. The van der Waals surface area contributed by atoms with Crippen molar-refractivity contribution in [2.45, 2.75) is 32.0 Å². The number of carbonyl (C=O) groups is 1. The highest BCUT2D eigenvalue weighted by Gasteiger charge is 2.25. The molecule has 5 nitrogen and oxygen atoms in total. The zero-order valence-electron chi connectivity index (χ0n) is 11.4. The van der Waals surface area contributed by atoms with E-state index in [9.17, 15) is 4.79 Å². The van der Waals surface area contributed by atoms with E-state index in [1.165, 1.54) is 11.1 Å². The Balaban J connectivity index is 1.64. The van der Waals surface area contributed by atoms with E-state index < -0.39 is 0 Å². The van der Waals surface area contributed by atoms with Crippen LogP contribution in [0.25, 0.3) is 0 Å². The fraction of sp³-hybridized carbons (Fsp3) is 0.333. The van der Waals surface area contributed by atoms with Crippen LogP contribution in [-0.4, -0.2) is 22.1 Å². The van der Waals surface area contributed by atoms with Gasteiger partial charge in [-0.2, -0.15) is 5.10 Å².